The molecule has 0 spiro atoms. The van der Waals surface area contributed by atoms with Crippen LogP contribution in [-0.2, 0) is 6.54 Å². The molecule has 0 atom stereocenters. The molecule has 0 N–H and O–H groups in total. The molecule has 0 bridgehead atoms. The number of nitro benzene ring substituents is 1. The van der Waals surface area contributed by atoms with Gasteiger partial charge in [0, 0.05) is 62.2 Å². The van der Waals surface area contributed by atoms with E-state index in [2.05, 4.69) is 65.7 Å². The van der Waals surface area contributed by atoms with Gasteiger partial charge in [-0.25, -0.2) is 4.98 Å². The molecule has 3 heterocycles. The maximum atomic E-state index is 13.2. The minimum absolute atomic E-state index is 0.0811. The Morgan fingerprint density at radius 2 is 1.72 bits per heavy atom. The van der Waals surface area contributed by atoms with Gasteiger partial charge in [-0.3, -0.25) is 19.8 Å². The molecular formula is C34H33N5O4. The number of ether oxygens (including phenoxy) is 1. The Morgan fingerprint density at radius 3 is 2.49 bits per heavy atom. The van der Waals surface area contributed by atoms with Gasteiger partial charge >= 0.3 is 0 Å². The smallest absolute Gasteiger partial charge is 0.270 e. The van der Waals surface area contributed by atoms with E-state index in [1.54, 1.807) is 24.1 Å². The first kappa shape index (κ1) is 28.1. The van der Waals surface area contributed by atoms with E-state index in [-0.39, 0.29) is 11.6 Å². The van der Waals surface area contributed by atoms with E-state index < -0.39 is 4.92 Å². The van der Waals surface area contributed by atoms with E-state index in [1.165, 1.54) is 28.8 Å². The lowest BCUT2D eigenvalue weighted by Gasteiger charge is -2.34. The molecule has 43 heavy (non-hydrogen) atoms. The van der Waals surface area contributed by atoms with Gasteiger partial charge < -0.3 is 14.0 Å². The van der Waals surface area contributed by atoms with Crippen molar-refractivity contribution in [1.82, 2.24) is 19.2 Å². The average molecular weight is 576 g/mol. The molecule has 1 amide bonds. The van der Waals surface area contributed by atoms with Gasteiger partial charge in [0.2, 0.25) is 0 Å². The molecule has 6 rings (SSSR count). The Bertz CT molecular complexity index is 1840. The van der Waals surface area contributed by atoms with Crippen LogP contribution in [0.15, 0.2) is 85.1 Å². The third-order valence-corrected chi connectivity index (χ3v) is 8.10. The van der Waals surface area contributed by atoms with Gasteiger partial charge in [-0.2, -0.15) is 0 Å². The zero-order valence-electron chi connectivity index (χ0n) is 24.5. The molecule has 0 saturated carbocycles. The summed E-state index contributed by atoms with van der Waals surface area (Å²) >= 11 is 0. The number of carbonyl (C=O) groups excluding carboxylic acids is 1. The van der Waals surface area contributed by atoms with Crippen LogP contribution in [0.5, 0.6) is 5.75 Å². The molecule has 3 aromatic carbocycles. The van der Waals surface area contributed by atoms with Crippen LogP contribution in [0, 0.1) is 24.0 Å². The predicted molar refractivity (Wildman–Crippen MR) is 166 cm³/mol. The topological polar surface area (TPSA) is 93.2 Å². The van der Waals surface area contributed by atoms with Crippen LogP contribution < -0.4 is 4.74 Å². The van der Waals surface area contributed by atoms with Gasteiger partial charge in [-0.15, -0.1) is 0 Å². The molecule has 0 unspecified atom stereocenters. The maximum absolute atomic E-state index is 13.2. The molecule has 2 aromatic heterocycles. The molecule has 9 nitrogen and oxygen atoms in total. The van der Waals surface area contributed by atoms with Crippen LogP contribution in [0.25, 0.3) is 28.0 Å². The number of non-ortho nitro benzene ring substituents is 1. The molecular weight excluding hydrogens is 542 g/mol. The summed E-state index contributed by atoms with van der Waals surface area (Å²) in [6, 6.07) is 24.6. The summed E-state index contributed by atoms with van der Waals surface area (Å²) in [5.74, 6) is 0.582. The fraction of sp³-hybridized carbons (Fsp3) is 0.235. The zero-order chi connectivity index (χ0) is 30.1. The zero-order valence-corrected chi connectivity index (χ0v) is 24.5. The second-order valence-corrected chi connectivity index (χ2v) is 11.0. The van der Waals surface area contributed by atoms with Crippen molar-refractivity contribution in [2.24, 2.45) is 0 Å². The first-order valence-corrected chi connectivity index (χ1v) is 14.3. The lowest BCUT2D eigenvalue weighted by atomic mass is 10.00. The molecule has 218 valence electrons. The summed E-state index contributed by atoms with van der Waals surface area (Å²) < 4.78 is 7.70. The highest BCUT2D eigenvalue weighted by atomic mass is 16.6. The van der Waals surface area contributed by atoms with Gasteiger partial charge in [0.15, 0.2) is 0 Å². The first-order valence-electron chi connectivity index (χ1n) is 14.3. The molecule has 5 aromatic rings. The van der Waals surface area contributed by atoms with Crippen molar-refractivity contribution in [3.63, 3.8) is 0 Å². The number of fused-ring (bicyclic) bond motifs is 1. The standard InChI is InChI=1S/C34H33N5O4/c1-23-10-11-24(2)30(18-23)27-12-13-32-35-33(25-6-5-9-29(20-25)43-3)31(38(32)21-27)22-36-14-16-37(17-15-36)34(40)26-7-4-8-28(19-26)39(41)42/h4-13,18-21H,14-17,22H2,1-3H3. The summed E-state index contributed by atoms with van der Waals surface area (Å²) in [6.07, 6.45) is 2.17. The summed E-state index contributed by atoms with van der Waals surface area (Å²) in [4.78, 5) is 33.0. The number of rotatable bonds is 7. The van der Waals surface area contributed by atoms with Crippen LogP contribution in [-0.4, -0.2) is 63.3 Å². The number of pyridine rings is 1. The molecule has 1 saturated heterocycles. The SMILES string of the molecule is COc1cccc(-c2nc3ccc(-c4cc(C)ccc4C)cn3c2CN2CCN(C(=O)c3cccc([N+](=O)[O-])c3)CC2)c1. The van der Waals surface area contributed by atoms with E-state index in [0.717, 1.165) is 33.9 Å². The number of hydrogen-bond acceptors (Lipinski definition) is 6. The van der Waals surface area contributed by atoms with E-state index in [0.29, 0.717) is 38.3 Å². The van der Waals surface area contributed by atoms with Crippen LogP contribution in [0.4, 0.5) is 5.69 Å². The Balaban J connectivity index is 1.31. The Morgan fingerprint density at radius 1 is 0.930 bits per heavy atom. The normalized spacial score (nSPS) is 13.8. The van der Waals surface area contributed by atoms with Crippen LogP contribution in [0.3, 0.4) is 0 Å². The highest BCUT2D eigenvalue weighted by Gasteiger charge is 2.25. The number of piperazine rings is 1. The summed E-state index contributed by atoms with van der Waals surface area (Å²) in [5, 5.41) is 11.2. The maximum Gasteiger partial charge on any atom is 0.270 e. The Kier molecular flexibility index (Phi) is 7.65. The van der Waals surface area contributed by atoms with Gasteiger partial charge in [-0.05, 0) is 60.9 Å². The van der Waals surface area contributed by atoms with Gasteiger partial charge in [0.05, 0.1) is 23.4 Å². The van der Waals surface area contributed by atoms with Crippen LogP contribution in [0.2, 0.25) is 0 Å². The number of nitro groups is 1. The number of methoxy groups -OCH3 is 1. The number of benzene rings is 3. The highest BCUT2D eigenvalue weighted by Crippen LogP contribution is 2.31. The van der Waals surface area contributed by atoms with E-state index in [9.17, 15) is 14.9 Å². The van der Waals surface area contributed by atoms with E-state index in [1.807, 2.05) is 18.2 Å². The van der Waals surface area contributed by atoms with Crippen molar-refractivity contribution in [2.75, 3.05) is 33.3 Å². The van der Waals surface area contributed by atoms with Crippen molar-refractivity contribution in [3.05, 3.63) is 118 Å². The van der Waals surface area contributed by atoms with Crippen molar-refractivity contribution < 1.29 is 14.5 Å². The lowest BCUT2D eigenvalue weighted by molar-refractivity contribution is -0.384. The van der Waals surface area contributed by atoms with Gasteiger partial charge in [0.25, 0.3) is 11.6 Å². The van der Waals surface area contributed by atoms with Crippen molar-refractivity contribution in [1.29, 1.82) is 0 Å². The third kappa shape index (κ3) is 5.72. The number of amides is 1. The van der Waals surface area contributed by atoms with Crippen LogP contribution in [0.1, 0.15) is 27.2 Å². The average Bonchev–Trinajstić information content (AvgIpc) is 3.39. The number of carbonyl (C=O) groups is 1. The van der Waals surface area contributed by atoms with Crippen molar-refractivity contribution in [3.8, 4) is 28.1 Å². The largest absolute Gasteiger partial charge is 0.497 e. The number of aromatic nitrogens is 2. The van der Waals surface area contributed by atoms with E-state index >= 15 is 0 Å². The first-order chi connectivity index (χ1) is 20.8. The van der Waals surface area contributed by atoms with Crippen molar-refractivity contribution in [2.45, 2.75) is 20.4 Å². The third-order valence-electron chi connectivity index (χ3n) is 8.10. The highest BCUT2D eigenvalue weighted by molar-refractivity contribution is 5.95. The quantitative estimate of drug-likeness (QED) is 0.170. The summed E-state index contributed by atoms with van der Waals surface area (Å²) in [7, 11) is 1.66. The number of hydrogen-bond donors (Lipinski definition) is 0. The number of nitrogens with zero attached hydrogens (tertiary/aromatic N) is 5. The summed E-state index contributed by atoms with van der Waals surface area (Å²) in [5.41, 5.74) is 8.79. The summed E-state index contributed by atoms with van der Waals surface area (Å²) in [6.45, 7) is 7.27. The second kappa shape index (κ2) is 11.7. The molecule has 0 radical (unpaired) electrons. The minimum atomic E-state index is -0.476. The monoisotopic (exact) mass is 575 g/mol. The van der Waals surface area contributed by atoms with Crippen molar-refractivity contribution >= 4 is 17.2 Å². The Labute approximate surface area is 250 Å². The molecule has 1 aliphatic rings. The molecule has 0 aliphatic carbocycles. The fourth-order valence-corrected chi connectivity index (χ4v) is 5.71. The fourth-order valence-electron chi connectivity index (χ4n) is 5.71. The van der Waals surface area contributed by atoms with Gasteiger partial charge in [0.1, 0.15) is 11.4 Å². The molecule has 9 heteroatoms. The van der Waals surface area contributed by atoms with Crippen LogP contribution >= 0.6 is 0 Å². The predicted octanol–water partition coefficient (Wildman–Crippen LogP) is 6.16. The Hall–Kier alpha value is -5.02. The van der Waals surface area contributed by atoms with Gasteiger partial charge in [-0.1, -0.05) is 42.0 Å². The lowest BCUT2D eigenvalue weighted by Crippen LogP contribution is -2.48. The minimum Gasteiger partial charge on any atom is -0.497 e. The van der Waals surface area contributed by atoms with E-state index in [4.69, 9.17) is 9.72 Å². The number of aryl methyl sites for hydroxylation is 2. The second-order valence-electron chi connectivity index (χ2n) is 11.0. The molecule has 1 aliphatic heterocycles. The molecule has 1 fully saturated rings. The number of imidazole rings is 1.